The molecule has 0 aliphatic rings. The van der Waals surface area contributed by atoms with Crippen LogP contribution >= 0.6 is 0 Å². The molecular formula is C22H24N2O2S. The van der Waals surface area contributed by atoms with Crippen molar-refractivity contribution in [3.63, 3.8) is 0 Å². The Bertz CT molecular complexity index is 956. The van der Waals surface area contributed by atoms with Crippen LogP contribution < -0.4 is 9.62 Å². The number of benzene rings is 3. The van der Waals surface area contributed by atoms with Crippen LogP contribution in [0.15, 0.2) is 89.8 Å². The largest absolute Gasteiger partial charge is 0.366 e. The number of sulfonamides is 1. The summed E-state index contributed by atoms with van der Waals surface area (Å²) >= 11 is 0. The molecule has 0 bridgehead atoms. The molecule has 0 aliphatic heterocycles. The summed E-state index contributed by atoms with van der Waals surface area (Å²) in [4.78, 5) is 2.37. The normalized spacial score (nSPS) is 12.5. The molecule has 27 heavy (non-hydrogen) atoms. The topological polar surface area (TPSA) is 49.4 Å². The smallest absolute Gasteiger partial charge is 0.240 e. The van der Waals surface area contributed by atoms with Gasteiger partial charge in [-0.2, -0.15) is 0 Å². The standard InChI is InChI=1S/C22H24N2O2S/c1-18-13-15-20(16-14-18)24(2)22(19-9-5-3-6-10-19)17-23-27(25,26)21-11-7-4-8-12-21/h3-16,22-23H,17H2,1-2H3/t22-/m0/s1. The molecule has 5 heteroatoms. The maximum absolute atomic E-state index is 12.6. The van der Waals surface area contributed by atoms with Crippen molar-refractivity contribution in [1.29, 1.82) is 0 Å². The Morgan fingerprint density at radius 1 is 0.852 bits per heavy atom. The van der Waals surface area contributed by atoms with Gasteiger partial charge < -0.3 is 4.90 Å². The number of nitrogens with one attached hydrogen (secondary N) is 1. The number of hydrogen-bond acceptors (Lipinski definition) is 3. The van der Waals surface area contributed by atoms with E-state index in [1.165, 1.54) is 5.56 Å². The molecule has 140 valence electrons. The average molecular weight is 381 g/mol. The monoisotopic (exact) mass is 380 g/mol. The van der Waals surface area contributed by atoms with Gasteiger partial charge in [0.05, 0.1) is 10.9 Å². The van der Waals surface area contributed by atoms with Crippen molar-refractivity contribution in [3.05, 3.63) is 96.1 Å². The molecule has 0 unspecified atom stereocenters. The SMILES string of the molecule is Cc1ccc(N(C)[C@@H](CNS(=O)(=O)c2ccccc2)c2ccccc2)cc1. The van der Waals surface area contributed by atoms with Gasteiger partial charge in [0.1, 0.15) is 0 Å². The molecule has 3 aromatic rings. The van der Waals surface area contributed by atoms with E-state index in [1.807, 2.05) is 44.3 Å². The highest BCUT2D eigenvalue weighted by atomic mass is 32.2. The molecule has 0 heterocycles. The predicted molar refractivity (Wildman–Crippen MR) is 110 cm³/mol. The van der Waals surface area contributed by atoms with Crippen LogP contribution in [-0.2, 0) is 10.0 Å². The lowest BCUT2D eigenvalue weighted by Gasteiger charge is -2.31. The van der Waals surface area contributed by atoms with Crippen molar-refractivity contribution in [2.24, 2.45) is 0 Å². The van der Waals surface area contributed by atoms with Crippen molar-refractivity contribution < 1.29 is 8.42 Å². The molecule has 0 amide bonds. The molecule has 0 radical (unpaired) electrons. The fourth-order valence-corrected chi connectivity index (χ4v) is 4.04. The minimum absolute atomic E-state index is 0.132. The van der Waals surface area contributed by atoms with Gasteiger partial charge in [-0.1, -0.05) is 66.2 Å². The van der Waals surface area contributed by atoms with E-state index in [2.05, 4.69) is 33.9 Å². The number of nitrogens with zero attached hydrogens (tertiary/aromatic N) is 1. The van der Waals surface area contributed by atoms with Crippen LogP contribution in [0.1, 0.15) is 17.2 Å². The second-order valence-electron chi connectivity index (χ2n) is 6.54. The molecule has 4 nitrogen and oxygen atoms in total. The number of anilines is 1. The number of likely N-dealkylation sites (N-methyl/N-ethyl adjacent to an activating group) is 1. The van der Waals surface area contributed by atoms with Gasteiger partial charge in [-0.25, -0.2) is 13.1 Å². The van der Waals surface area contributed by atoms with E-state index >= 15 is 0 Å². The summed E-state index contributed by atoms with van der Waals surface area (Å²) in [6, 6.07) is 26.5. The zero-order valence-electron chi connectivity index (χ0n) is 15.5. The first-order valence-electron chi connectivity index (χ1n) is 8.86. The Labute approximate surface area is 161 Å². The quantitative estimate of drug-likeness (QED) is 0.670. The first-order valence-corrected chi connectivity index (χ1v) is 10.3. The first kappa shape index (κ1) is 19.1. The average Bonchev–Trinajstić information content (AvgIpc) is 2.70. The molecule has 0 aliphatic carbocycles. The maximum atomic E-state index is 12.6. The van der Waals surface area contributed by atoms with Crippen molar-refractivity contribution in [3.8, 4) is 0 Å². The van der Waals surface area contributed by atoms with E-state index in [9.17, 15) is 8.42 Å². The first-order chi connectivity index (χ1) is 13.0. The van der Waals surface area contributed by atoms with E-state index in [1.54, 1.807) is 30.3 Å². The minimum Gasteiger partial charge on any atom is -0.366 e. The summed E-state index contributed by atoms with van der Waals surface area (Å²) in [7, 11) is -1.58. The van der Waals surface area contributed by atoms with E-state index < -0.39 is 10.0 Å². The molecular weight excluding hydrogens is 356 g/mol. The summed E-state index contributed by atoms with van der Waals surface area (Å²) in [5, 5.41) is 0. The lowest BCUT2D eigenvalue weighted by atomic mass is 10.0. The Balaban J connectivity index is 1.86. The second kappa shape index (κ2) is 8.37. The lowest BCUT2D eigenvalue weighted by Crippen LogP contribution is -2.36. The lowest BCUT2D eigenvalue weighted by molar-refractivity contribution is 0.567. The predicted octanol–water partition coefficient (Wildman–Crippen LogP) is 4.15. The van der Waals surface area contributed by atoms with Gasteiger partial charge in [-0.3, -0.25) is 0 Å². The molecule has 3 rings (SSSR count). The molecule has 0 saturated heterocycles. The molecule has 0 fully saturated rings. The van der Waals surface area contributed by atoms with Gasteiger partial charge in [0.15, 0.2) is 0 Å². The van der Waals surface area contributed by atoms with Crippen molar-refractivity contribution >= 4 is 15.7 Å². The van der Waals surface area contributed by atoms with Gasteiger partial charge >= 0.3 is 0 Å². The second-order valence-corrected chi connectivity index (χ2v) is 8.30. The Hall–Kier alpha value is -2.63. The summed E-state index contributed by atoms with van der Waals surface area (Å²) in [5.41, 5.74) is 3.28. The van der Waals surface area contributed by atoms with E-state index in [4.69, 9.17) is 0 Å². The molecule has 0 saturated carbocycles. The van der Waals surface area contributed by atoms with Crippen LogP contribution in [0.5, 0.6) is 0 Å². The van der Waals surface area contributed by atoms with Crippen molar-refractivity contribution in [2.75, 3.05) is 18.5 Å². The summed E-state index contributed by atoms with van der Waals surface area (Å²) in [6.07, 6.45) is 0. The molecule has 1 N–H and O–H groups in total. The van der Waals surface area contributed by atoms with Crippen LogP contribution in [-0.4, -0.2) is 22.0 Å². The fraction of sp³-hybridized carbons (Fsp3) is 0.182. The van der Waals surface area contributed by atoms with Gasteiger partial charge in [0.2, 0.25) is 10.0 Å². The highest BCUT2D eigenvalue weighted by molar-refractivity contribution is 7.89. The zero-order valence-corrected chi connectivity index (χ0v) is 16.4. The maximum Gasteiger partial charge on any atom is 0.240 e. The van der Waals surface area contributed by atoms with Crippen LogP contribution in [0.2, 0.25) is 0 Å². The van der Waals surface area contributed by atoms with Crippen molar-refractivity contribution in [2.45, 2.75) is 17.9 Å². The Kier molecular flexibility index (Phi) is 5.94. The number of aryl methyl sites for hydroxylation is 1. The minimum atomic E-state index is -3.56. The van der Waals surface area contributed by atoms with Crippen molar-refractivity contribution in [1.82, 2.24) is 4.72 Å². The zero-order chi connectivity index (χ0) is 19.3. The van der Waals surface area contributed by atoms with E-state index in [-0.39, 0.29) is 17.5 Å². The van der Waals surface area contributed by atoms with Gasteiger partial charge in [0, 0.05) is 19.3 Å². The highest BCUT2D eigenvalue weighted by Gasteiger charge is 2.21. The third-order valence-corrected chi connectivity index (χ3v) is 6.05. The summed E-state index contributed by atoms with van der Waals surface area (Å²) in [5.74, 6) is 0. The fourth-order valence-electron chi connectivity index (χ4n) is 2.99. The van der Waals surface area contributed by atoms with Gasteiger partial charge in [-0.05, 0) is 36.8 Å². The summed E-state index contributed by atoms with van der Waals surface area (Å²) in [6.45, 7) is 2.32. The van der Waals surface area contributed by atoms with Crippen LogP contribution in [0.3, 0.4) is 0 Å². The van der Waals surface area contributed by atoms with Crippen LogP contribution in [0.4, 0.5) is 5.69 Å². The Morgan fingerprint density at radius 2 is 1.41 bits per heavy atom. The third-order valence-electron chi connectivity index (χ3n) is 4.61. The molecule has 0 aromatic heterocycles. The highest BCUT2D eigenvalue weighted by Crippen LogP contribution is 2.26. The summed E-state index contributed by atoms with van der Waals surface area (Å²) < 4.78 is 28.1. The Morgan fingerprint density at radius 3 is 2.00 bits per heavy atom. The van der Waals surface area contributed by atoms with E-state index in [0.717, 1.165) is 11.3 Å². The third kappa shape index (κ3) is 4.76. The van der Waals surface area contributed by atoms with Crippen LogP contribution in [0, 0.1) is 6.92 Å². The van der Waals surface area contributed by atoms with Gasteiger partial charge in [-0.15, -0.1) is 0 Å². The molecule has 1 atom stereocenters. The number of hydrogen-bond donors (Lipinski definition) is 1. The van der Waals surface area contributed by atoms with E-state index in [0.29, 0.717) is 0 Å². The number of rotatable bonds is 7. The molecule has 0 spiro atoms. The van der Waals surface area contributed by atoms with Crippen LogP contribution in [0.25, 0.3) is 0 Å². The molecule has 3 aromatic carbocycles. The van der Waals surface area contributed by atoms with Gasteiger partial charge in [0.25, 0.3) is 0 Å².